The molecule has 2 amide bonds. The van der Waals surface area contributed by atoms with Crippen LogP contribution in [-0.2, 0) is 14.3 Å². The van der Waals surface area contributed by atoms with E-state index in [9.17, 15) is 14.4 Å². The molecule has 7 nitrogen and oxygen atoms in total. The number of fused-ring (bicyclic) bond motifs is 3. The van der Waals surface area contributed by atoms with Gasteiger partial charge in [0, 0.05) is 31.5 Å². The summed E-state index contributed by atoms with van der Waals surface area (Å²) in [5, 5.41) is 11.7. The third kappa shape index (κ3) is 6.62. The summed E-state index contributed by atoms with van der Waals surface area (Å²) in [6.45, 7) is 1.15. The number of hydrogen-bond donors (Lipinski definition) is 2. The summed E-state index contributed by atoms with van der Waals surface area (Å²) in [7, 11) is 0. The molecular weight excluding hydrogens is 444 g/mol. The van der Waals surface area contributed by atoms with Crippen LogP contribution in [-0.4, -0.2) is 53.7 Å². The molecule has 2 N–H and O–H groups in total. The third-order valence-corrected chi connectivity index (χ3v) is 6.80. The molecule has 2 aromatic rings. The van der Waals surface area contributed by atoms with Gasteiger partial charge in [0.1, 0.15) is 6.61 Å². The minimum atomic E-state index is -0.868. The van der Waals surface area contributed by atoms with Crippen LogP contribution in [0, 0.1) is 0 Å². The van der Waals surface area contributed by atoms with Crippen molar-refractivity contribution in [2.45, 2.75) is 63.3 Å². The highest BCUT2D eigenvalue weighted by molar-refractivity contribution is 5.79. The van der Waals surface area contributed by atoms with Crippen molar-refractivity contribution in [1.29, 1.82) is 0 Å². The Morgan fingerprint density at radius 3 is 2.14 bits per heavy atom. The Balaban J connectivity index is 1.10. The highest BCUT2D eigenvalue weighted by Gasteiger charge is 2.32. The van der Waals surface area contributed by atoms with Crippen molar-refractivity contribution in [3.8, 4) is 11.1 Å². The molecule has 0 bridgehead atoms. The number of alkyl carbamates (subject to hydrolysis) is 1. The SMILES string of the molecule is O=C(O)CCN(C(=O)CCCCCCNC(=O)OCC1c2ccccc2-c2ccccc21)C1CC1. The predicted molar refractivity (Wildman–Crippen MR) is 133 cm³/mol. The number of carboxylic acid groups (broad SMARTS) is 1. The molecule has 2 aromatic carbocycles. The number of carbonyl (C=O) groups excluding carboxylic acids is 2. The highest BCUT2D eigenvalue weighted by Crippen LogP contribution is 2.44. The molecular formula is C28H34N2O5. The van der Waals surface area contributed by atoms with Crippen molar-refractivity contribution in [2.24, 2.45) is 0 Å². The van der Waals surface area contributed by atoms with Crippen molar-refractivity contribution >= 4 is 18.0 Å². The monoisotopic (exact) mass is 478 g/mol. The third-order valence-electron chi connectivity index (χ3n) is 6.80. The Bertz CT molecular complexity index is 1000. The van der Waals surface area contributed by atoms with E-state index in [1.54, 1.807) is 4.90 Å². The van der Waals surface area contributed by atoms with Gasteiger partial charge in [-0.25, -0.2) is 4.79 Å². The van der Waals surface area contributed by atoms with Gasteiger partial charge >= 0.3 is 12.1 Å². The van der Waals surface area contributed by atoms with E-state index in [4.69, 9.17) is 9.84 Å². The Hall–Kier alpha value is -3.35. The lowest BCUT2D eigenvalue weighted by Crippen LogP contribution is -2.34. The fourth-order valence-corrected chi connectivity index (χ4v) is 4.85. The number of aliphatic carboxylic acids is 1. The van der Waals surface area contributed by atoms with Gasteiger partial charge in [-0.05, 0) is 47.9 Å². The fraction of sp³-hybridized carbons (Fsp3) is 0.464. The summed E-state index contributed by atoms with van der Waals surface area (Å²) >= 11 is 0. The lowest BCUT2D eigenvalue weighted by Gasteiger charge is -2.21. The zero-order valence-electron chi connectivity index (χ0n) is 20.1. The summed E-state index contributed by atoms with van der Waals surface area (Å²) in [6, 6.07) is 16.8. The van der Waals surface area contributed by atoms with Crippen molar-refractivity contribution in [1.82, 2.24) is 10.2 Å². The minimum absolute atomic E-state index is 0.00375. The molecule has 1 fully saturated rings. The first kappa shape index (κ1) is 24.8. The molecule has 186 valence electrons. The van der Waals surface area contributed by atoms with E-state index in [0.29, 0.717) is 26.1 Å². The molecule has 0 spiro atoms. The number of nitrogens with zero attached hydrogens (tertiary/aromatic N) is 1. The Morgan fingerprint density at radius 1 is 0.886 bits per heavy atom. The summed E-state index contributed by atoms with van der Waals surface area (Å²) < 4.78 is 5.55. The number of rotatable bonds is 13. The van der Waals surface area contributed by atoms with E-state index in [-0.39, 0.29) is 24.3 Å². The van der Waals surface area contributed by atoms with Crippen molar-refractivity contribution in [3.05, 3.63) is 59.7 Å². The number of unbranched alkanes of at least 4 members (excludes halogenated alkanes) is 3. The molecule has 0 aromatic heterocycles. The molecule has 0 saturated heterocycles. The number of carboxylic acids is 1. The molecule has 1 saturated carbocycles. The summed E-state index contributed by atoms with van der Waals surface area (Å²) in [5.41, 5.74) is 4.80. The summed E-state index contributed by atoms with van der Waals surface area (Å²) in [4.78, 5) is 37.2. The fourth-order valence-electron chi connectivity index (χ4n) is 4.85. The maximum atomic E-state index is 12.4. The second-order valence-corrected chi connectivity index (χ2v) is 9.38. The topological polar surface area (TPSA) is 95.9 Å². The van der Waals surface area contributed by atoms with Crippen LogP contribution in [0.4, 0.5) is 4.79 Å². The molecule has 0 radical (unpaired) electrons. The van der Waals surface area contributed by atoms with Crippen LogP contribution in [0.5, 0.6) is 0 Å². The van der Waals surface area contributed by atoms with Crippen molar-refractivity contribution in [2.75, 3.05) is 19.7 Å². The number of benzene rings is 2. The molecule has 0 unspecified atom stereocenters. The smallest absolute Gasteiger partial charge is 0.407 e. The lowest BCUT2D eigenvalue weighted by atomic mass is 9.98. The number of carbonyl (C=O) groups is 3. The van der Waals surface area contributed by atoms with E-state index in [1.165, 1.54) is 22.3 Å². The van der Waals surface area contributed by atoms with Crippen LogP contribution >= 0.6 is 0 Å². The van der Waals surface area contributed by atoms with E-state index in [0.717, 1.165) is 38.5 Å². The molecule has 0 atom stereocenters. The number of hydrogen-bond acceptors (Lipinski definition) is 4. The van der Waals surface area contributed by atoms with E-state index in [1.807, 2.05) is 24.3 Å². The van der Waals surface area contributed by atoms with Gasteiger partial charge in [0.25, 0.3) is 0 Å². The van der Waals surface area contributed by atoms with Crippen LogP contribution in [0.25, 0.3) is 11.1 Å². The van der Waals surface area contributed by atoms with Gasteiger partial charge in [-0.1, -0.05) is 61.4 Å². The summed E-state index contributed by atoms with van der Waals surface area (Å²) in [5.74, 6) is -0.755. The van der Waals surface area contributed by atoms with Gasteiger partial charge in [0.05, 0.1) is 6.42 Å². The molecule has 7 heteroatoms. The molecule has 2 aliphatic carbocycles. The van der Waals surface area contributed by atoms with Crippen LogP contribution in [0.1, 0.15) is 68.4 Å². The molecule has 35 heavy (non-hydrogen) atoms. The molecule has 0 heterocycles. The van der Waals surface area contributed by atoms with Crippen molar-refractivity contribution < 1.29 is 24.2 Å². The number of amides is 2. The highest BCUT2D eigenvalue weighted by atomic mass is 16.5. The van der Waals surface area contributed by atoms with Crippen LogP contribution in [0.15, 0.2) is 48.5 Å². The van der Waals surface area contributed by atoms with E-state index < -0.39 is 12.1 Å². The van der Waals surface area contributed by atoms with Gasteiger partial charge in [-0.15, -0.1) is 0 Å². The van der Waals surface area contributed by atoms with Gasteiger partial charge in [-0.2, -0.15) is 0 Å². The number of nitrogens with one attached hydrogen (secondary N) is 1. The minimum Gasteiger partial charge on any atom is -0.481 e. The standard InChI is InChI=1S/C28H34N2O5/c31-26(30(20-14-15-20)18-16-27(32)33)13-3-1-2-8-17-29-28(34)35-19-25-23-11-6-4-9-21(23)22-10-5-7-12-24(22)25/h4-7,9-12,20,25H,1-3,8,13-19H2,(H,29,34)(H,32,33). The lowest BCUT2D eigenvalue weighted by molar-refractivity contribution is -0.138. The van der Waals surface area contributed by atoms with Crippen molar-refractivity contribution in [3.63, 3.8) is 0 Å². The van der Waals surface area contributed by atoms with Gasteiger partial charge in [0.15, 0.2) is 0 Å². The first-order chi connectivity index (χ1) is 17.0. The van der Waals surface area contributed by atoms with Gasteiger partial charge in [0.2, 0.25) is 5.91 Å². The molecule has 0 aliphatic heterocycles. The van der Waals surface area contributed by atoms with Gasteiger partial charge < -0.3 is 20.1 Å². The second kappa shape index (κ2) is 11.9. The van der Waals surface area contributed by atoms with Crippen LogP contribution < -0.4 is 5.32 Å². The quantitative estimate of drug-likeness (QED) is 0.398. The average Bonchev–Trinajstić information content (AvgIpc) is 3.64. The first-order valence-corrected chi connectivity index (χ1v) is 12.6. The molecule has 2 aliphatic rings. The predicted octanol–water partition coefficient (Wildman–Crippen LogP) is 4.94. The maximum Gasteiger partial charge on any atom is 0.407 e. The molecule has 4 rings (SSSR count). The Morgan fingerprint density at radius 2 is 1.51 bits per heavy atom. The van der Waals surface area contributed by atoms with Crippen LogP contribution in [0.2, 0.25) is 0 Å². The van der Waals surface area contributed by atoms with E-state index >= 15 is 0 Å². The zero-order valence-corrected chi connectivity index (χ0v) is 20.1. The number of ether oxygens (including phenoxy) is 1. The van der Waals surface area contributed by atoms with E-state index in [2.05, 4.69) is 29.6 Å². The normalized spacial score (nSPS) is 14.2. The first-order valence-electron chi connectivity index (χ1n) is 12.6. The average molecular weight is 479 g/mol. The largest absolute Gasteiger partial charge is 0.481 e. The zero-order chi connectivity index (χ0) is 24.6. The maximum absolute atomic E-state index is 12.4. The second-order valence-electron chi connectivity index (χ2n) is 9.38. The Kier molecular flexibility index (Phi) is 8.40. The summed E-state index contributed by atoms with van der Waals surface area (Å²) in [6.07, 6.45) is 5.43. The van der Waals surface area contributed by atoms with Gasteiger partial charge in [-0.3, -0.25) is 9.59 Å². The Labute approximate surface area is 206 Å². The van der Waals surface area contributed by atoms with Crippen LogP contribution in [0.3, 0.4) is 0 Å².